The van der Waals surface area contributed by atoms with Crippen molar-refractivity contribution in [3.63, 3.8) is 0 Å². The highest BCUT2D eigenvalue weighted by Gasteiger charge is 2.45. The molecule has 2 aromatic carbocycles. The molecule has 3 nitrogen and oxygen atoms in total. The maximum Gasteiger partial charge on any atom is 0.295 e. The van der Waals surface area contributed by atoms with E-state index in [2.05, 4.69) is 0 Å². The zero-order valence-corrected chi connectivity index (χ0v) is 19.8. The van der Waals surface area contributed by atoms with E-state index in [0.717, 1.165) is 29.8 Å². The summed E-state index contributed by atoms with van der Waals surface area (Å²) in [5, 5.41) is 0. The molecule has 1 atom stereocenters. The Kier molecular flexibility index (Phi) is 8.71. The second kappa shape index (κ2) is 10.8. The van der Waals surface area contributed by atoms with Crippen LogP contribution in [0.4, 0.5) is 8.78 Å². The van der Waals surface area contributed by atoms with Gasteiger partial charge in [0.1, 0.15) is 6.10 Å². The van der Waals surface area contributed by atoms with Gasteiger partial charge in [-0.2, -0.15) is 8.78 Å². The van der Waals surface area contributed by atoms with E-state index in [1.807, 2.05) is 39.8 Å². The van der Waals surface area contributed by atoms with Crippen LogP contribution in [0.3, 0.4) is 0 Å². The predicted octanol–water partition coefficient (Wildman–Crippen LogP) is 6.76. The van der Waals surface area contributed by atoms with Gasteiger partial charge in [-0.15, -0.1) is 0 Å². The Bertz CT molecular complexity index is 902. The van der Waals surface area contributed by atoms with Crippen molar-refractivity contribution in [2.75, 3.05) is 0 Å². The molecule has 0 saturated carbocycles. The number of halogens is 2. The number of rotatable bonds is 11. The molecule has 0 saturated heterocycles. The van der Waals surface area contributed by atoms with Crippen molar-refractivity contribution in [3.8, 4) is 0 Å². The van der Waals surface area contributed by atoms with Crippen molar-refractivity contribution in [2.24, 2.45) is 5.73 Å². The molecule has 0 spiro atoms. The largest absolute Gasteiger partial charge is 0.404 e. The van der Waals surface area contributed by atoms with E-state index in [4.69, 9.17) is 10.2 Å². The molecule has 0 aliphatic rings. The van der Waals surface area contributed by atoms with Crippen LogP contribution >= 0.6 is 0 Å². The van der Waals surface area contributed by atoms with Crippen LogP contribution in [0.5, 0.6) is 0 Å². The number of amides is 1. The summed E-state index contributed by atoms with van der Waals surface area (Å²) in [5.41, 5.74) is 7.35. The molecular weight excluding hydrogens is 412 g/mol. The average Bonchev–Trinajstić information content (AvgIpc) is 2.79. The first-order valence-electron chi connectivity index (χ1n) is 10.9. The van der Waals surface area contributed by atoms with Crippen LogP contribution in [0, 0.1) is 0 Å². The van der Waals surface area contributed by atoms with E-state index in [1.54, 1.807) is 30.3 Å². The molecule has 1 amide bonds. The first kappa shape index (κ1) is 25.0. The predicted molar refractivity (Wildman–Crippen MR) is 126 cm³/mol. The molecule has 31 heavy (non-hydrogen) atoms. The van der Waals surface area contributed by atoms with Crippen LogP contribution in [-0.2, 0) is 10.8 Å². The Morgan fingerprint density at radius 3 is 2.19 bits per heavy atom. The van der Waals surface area contributed by atoms with E-state index < -0.39 is 26.3 Å². The quantitative estimate of drug-likeness (QED) is 0.389. The van der Waals surface area contributed by atoms with Gasteiger partial charge in [-0.3, -0.25) is 4.79 Å². The third kappa shape index (κ3) is 5.89. The summed E-state index contributed by atoms with van der Waals surface area (Å²) in [6, 6.07) is 16.1. The number of aryl methyl sites for hydroxylation is 1. The molecule has 0 aliphatic carbocycles. The monoisotopic (exact) mass is 445 g/mol. The van der Waals surface area contributed by atoms with E-state index >= 15 is 8.78 Å². The Balaban J connectivity index is 2.55. The number of carbonyl (C=O) groups excluding carboxylic acids is 1. The van der Waals surface area contributed by atoms with Gasteiger partial charge < -0.3 is 10.2 Å². The lowest BCUT2D eigenvalue weighted by Crippen LogP contribution is -2.42. The van der Waals surface area contributed by atoms with Gasteiger partial charge in [-0.1, -0.05) is 76.2 Å². The molecule has 0 aromatic heterocycles. The van der Waals surface area contributed by atoms with Gasteiger partial charge in [0.25, 0.3) is 5.92 Å². The van der Waals surface area contributed by atoms with Crippen molar-refractivity contribution in [1.29, 1.82) is 0 Å². The summed E-state index contributed by atoms with van der Waals surface area (Å²) in [6.07, 6.45) is 1.38. The number of primary amides is 1. The fourth-order valence-corrected chi connectivity index (χ4v) is 6.65. The Morgan fingerprint density at radius 2 is 1.61 bits per heavy atom. The second-order valence-corrected chi connectivity index (χ2v) is 12.5. The van der Waals surface area contributed by atoms with Crippen LogP contribution in [0.2, 0.25) is 18.1 Å². The lowest BCUT2D eigenvalue weighted by atomic mass is 9.95. The van der Waals surface area contributed by atoms with Gasteiger partial charge in [0.05, 0.1) is 0 Å². The molecule has 168 valence electrons. The number of carbonyl (C=O) groups is 1. The first-order valence-corrected chi connectivity index (χ1v) is 13.5. The summed E-state index contributed by atoms with van der Waals surface area (Å²) in [4.78, 5) is 11.7. The topological polar surface area (TPSA) is 52.3 Å². The van der Waals surface area contributed by atoms with E-state index in [9.17, 15) is 4.79 Å². The fourth-order valence-electron chi connectivity index (χ4n) is 3.87. The third-order valence-electron chi connectivity index (χ3n) is 6.08. The lowest BCUT2D eigenvalue weighted by Gasteiger charge is -2.37. The summed E-state index contributed by atoms with van der Waals surface area (Å²) >= 11 is 0. The van der Waals surface area contributed by atoms with Gasteiger partial charge in [0.15, 0.2) is 8.32 Å². The van der Waals surface area contributed by atoms with Gasteiger partial charge in [0, 0.05) is 5.56 Å². The average molecular weight is 446 g/mol. The SMILES string of the molecule is CCc1ccccc1C(O[Si](CC)(CC)CC)C(F)(F)/C=C/c1ccccc1C(N)=O. The molecule has 0 heterocycles. The molecule has 0 aliphatic heterocycles. The highest BCUT2D eigenvalue weighted by atomic mass is 28.4. The summed E-state index contributed by atoms with van der Waals surface area (Å²) in [6.45, 7) is 8.04. The van der Waals surface area contributed by atoms with E-state index in [-0.39, 0.29) is 5.56 Å². The number of hydrogen-bond donors (Lipinski definition) is 1. The highest BCUT2D eigenvalue weighted by Crippen LogP contribution is 2.42. The molecule has 0 bridgehead atoms. The van der Waals surface area contributed by atoms with E-state index in [1.165, 1.54) is 12.1 Å². The van der Waals surface area contributed by atoms with Crippen molar-refractivity contribution < 1.29 is 18.0 Å². The molecular formula is C25H33F2NO2Si. The molecule has 0 radical (unpaired) electrons. The first-order chi connectivity index (χ1) is 14.7. The fraction of sp³-hybridized carbons (Fsp3) is 0.400. The maximum atomic E-state index is 15.7. The van der Waals surface area contributed by atoms with Gasteiger partial charge in [-0.05, 0) is 53.4 Å². The van der Waals surface area contributed by atoms with Crippen molar-refractivity contribution >= 4 is 20.3 Å². The third-order valence-corrected chi connectivity index (χ3v) is 10.7. The minimum Gasteiger partial charge on any atom is -0.404 e. The van der Waals surface area contributed by atoms with Crippen LogP contribution in [-0.4, -0.2) is 20.1 Å². The second-order valence-electron chi connectivity index (χ2n) is 7.75. The Hall–Kier alpha value is -2.31. The van der Waals surface area contributed by atoms with E-state index in [0.29, 0.717) is 17.5 Å². The number of alkyl halides is 2. The van der Waals surface area contributed by atoms with Gasteiger partial charge >= 0.3 is 0 Å². The van der Waals surface area contributed by atoms with Crippen molar-refractivity contribution in [3.05, 3.63) is 76.9 Å². The number of nitrogens with two attached hydrogens (primary N) is 1. The zero-order chi connectivity index (χ0) is 23.1. The molecule has 6 heteroatoms. The molecule has 0 fully saturated rings. The molecule has 2 N–H and O–H groups in total. The number of hydrogen-bond acceptors (Lipinski definition) is 2. The minimum absolute atomic E-state index is 0.209. The van der Waals surface area contributed by atoms with Crippen molar-refractivity contribution in [1.82, 2.24) is 0 Å². The van der Waals surface area contributed by atoms with Gasteiger partial charge in [0.2, 0.25) is 5.91 Å². The van der Waals surface area contributed by atoms with Crippen LogP contribution < -0.4 is 5.73 Å². The summed E-state index contributed by atoms with van der Waals surface area (Å²) in [7, 11) is -2.33. The highest BCUT2D eigenvalue weighted by molar-refractivity contribution is 6.73. The standard InChI is InChI=1S/C25H33F2NO2Si/c1-5-19-13-9-11-15-21(19)23(30-31(6-2,7-3)8-4)25(26,27)18-17-20-14-10-12-16-22(20)24(28)29/h9-18,23H,5-8H2,1-4H3,(H2,28,29)/b18-17+. The van der Waals surface area contributed by atoms with Crippen LogP contribution in [0.1, 0.15) is 60.8 Å². The summed E-state index contributed by atoms with van der Waals surface area (Å²) < 4.78 is 37.9. The number of benzene rings is 2. The molecule has 2 rings (SSSR count). The van der Waals surface area contributed by atoms with Crippen LogP contribution in [0.25, 0.3) is 6.08 Å². The maximum absolute atomic E-state index is 15.7. The minimum atomic E-state index is -3.27. The summed E-state index contributed by atoms with van der Waals surface area (Å²) in [5.74, 6) is -3.92. The Morgan fingerprint density at radius 1 is 1.03 bits per heavy atom. The molecule has 1 unspecified atom stereocenters. The van der Waals surface area contributed by atoms with Crippen LogP contribution in [0.15, 0.2) is 54.6 Å². The van der Waals surface area contributed by atoms with Crippen molar-refractivity contribution in [2.45, 2.75) is 64.3 Å². The Labute approximate surface area is 185 Å². The van der Waals surface area contributed by atoms with Gasteiger partial charge in [-0.25, -0.2) is 0 Å². The smallest absolute Gasteiger partial charge is 0.295 e. The normalized spacial score (nSPS) is 13.5. The lowest BCUT2D eigenvalue weighted by molar-refractivity contribution is -0.0630. The zero-order valence-electron chi connectivity index (χ0n) is 18.8. The molecule has 2 aromatic rings.